The van der Waals surface area contributed by atoms with E-state index in [4.69, 9.17) is 18.9 Å². The van der Waals surface area contributed by atoms with Crippen molar-refractivity contribution in [3.8, 4) is 0 Å². The van der Waals surface area contributed by atoms with Crippen LogP contribution in [0.1, 0.15) is 145 Å². The van der Waals surface area contributed by atoms with Crippen molar-refractivity contribution in [3.05, 3.63) is 47.5 Å². The normalized spacial score (nSPS) is 11.4. The van der Waals surface area contributed by atoms with E-state index in [9.17, 15) is 24.3 Å². The fourth-order valence-corrected chi connectivity index (χ4v) is 5.06. The number of carbonyl (C=O) groups excluding carboxylic acids is 4. The first-order valence-electron chi connectivity index (χ1n) is 17.5. The van der Waals surface area contributed by atoms with Crippen molar-refractivity contribution in [2.75, 3.05) is 19.8 Å². The summed E-state index contributed by atoms with van der Waals surface area (Å²) in [4.78, 5) is 48.8. The molecule has 47 heavy (non-hydrogen) atoms. The Morgan fingerprint density at radius 2 is 1.06 bits per heavy atom. The second kappa shape index (κ2) is 22.2. The molecular weight excluding hydrogens is 600 g/mol. The third-order valence-electron chi connectivity index (χ3n) is 7.98. The van der Waals surface area contributed by atoms with E-state index in [0.29, 0.717) is 63.1 Å². The van der Waals surface area contributed by atoms with E-state index < -0.39 is 11.6 Å². The molecule has 0 radical (unpaired) electrons. The first-order chi connectivity index (χ1) is 22.5. The van der Waals surface area contributed by atoms with Crippen LogP contribution in [0, 0.1) is 0 Å². The molecule has 0 bridgehead atoms. The van der Waals surface area contributed by atoms with Crippen LogP contribution in [-0.2, 0) is 28.5 Å². The van der Waals surface area contributed by atoms with Crippen molar-refractivity contribution in [3.63, 3.8) is 0 Å². The summed E-state index contributed by atoms with van der Waals surface area (Å²) < 4.78 is 21.5. The molecule has 262 valence electrons. The fraction of sp³-hybridized carbons (Fsp3) is 0.632. The Hall–Kier alpha value is -3.46. The maximum Gasteiger partial charge on any atom is 0.338 e. The molecule has 9 nitrogen and oxygen atoms in total. The van der Waals surface area contributed by atoms with Crippen molar-refractivity contribution in [1.29, 1.82) is 0 Å². The molecule has 0 aliphatic carbocycles. The number of hydrogen-bond acceptors (Lipinski definition) is 9. The van der Waals surface area contributed by atoms with Crippen LogP contribution in [0.3, 0.4) is 0 Å². The number of ether oxygens (including phenoxy) is 4. The molecule has 0 spiro atoms. The first kappa shape index (κ1) is 39.7. The van der Waals surface area contributed by atoms with Gasteiger partial charge in [0.2, 0.25) is 0 Å². The Kier molecular flexibility index (Phi) is 18.7. The molecule has 0 aliphatic heterocycles. The number of aliphatic hydroxyl groups is 1. The summed E-state index contributed by atoms with van der Waals surface area (Å²) >= 11 is 0. The van der Waals surface area contributed by atoms with Gasteiger partial charge in [-0.15, -0.1) is 0 Å². The molecule has 2 aromatic carbocycles. The van der Waals surface area contributed by atoms with Crippen molar-refractivity contribution in [2.45, 2.75) is 136 Å². The molecule has 0 aliphatic rings. The van der Waals surface area contributed by atoms with Gasteiger partial charge < -0.3 is 24.1 Å². The van der Waals surface area contributed by atoms with Crippen LogP contribution in [0.2, 0.25) is 0 Å². The Morgan fingerprint density at radius 3 is 1.53 bits per heavy atom. The summed E-state index contributed by atoms with van der Waals surface area (Å²) in [6, 6.07) is 10.5. The van der Waals surface area contributed by atoms with Crippen LogP contribution in [0.25, 0.3) is 10.8 Å². The molecule has 0 amide bonds. The molecule has 0 aromatic heterocycles. The van der Waals surface area contributed by atoms with E-state index in [1.165, 1.54) is 0 Å². The second-order valence-electron chi connectivity index (χ2n) is 12.8. The van der Waals surface area contributed by atoms with Gasteiger partial charge in [0.1, 0.15) is 6.10 Å². The van der Waals surface area contributed by atoms with Gasteiger partial charge in [0.15, 0.2) is 0 Å². The Morgan fingerprint density at radius 1 is 0.617 bits per heavy atom. The van der Waals surface area contributed by atoms with E-state index >= 15 is 0 Å². The Balaban J connectivity index is 1.56. The zero-order valence-electron chi connectivity index (χ0n) is 29.0. The molecule has 0 heterocycles. The lowest BCUT2D eigenvalue weighted by atomic mass is 10.0. The molecule has 0 saturated heterocycles. The molecule has 2 rings (SSSR count). The number of benzene rings is 2. The molecule has 2 aromatic rings. The average Bonchev–Trinajstić information content (AvgIpc) is 3.05. The third-order valence-corrected chi connectivity index (χ3v) is 7.98. The second-order valence-corrected chi connectivity index (χ2v) is 12.8. The van der Waals surface area contributed by atoms with E-state index in [1.54, 1.807) is 36.4 Å². The maximum atomic E-state index is 12.6. The smallest absolute Gasteiger partial charge is 0.338 e. The number of unbranched alkanes of at least 4 members (excludes halogenated alkanes) is 7. The largest absolute Gasteiger partial charge is 0.466 e. The predicted octanol–water partition coefficient (Wildman–Crippen LogP) is 8.27. The van der Waals surface area contributed by atoms with Gasteiger partial charge in [-0.1, -0.05) is 45.2 Å². The molecule has 0 unspecified atom stereocenters. The minimum atomic E-state index is -0.637. The van der Waals surface area contributed by atoms with Gasteiger partial charge in [-0.25, -0.2) is 9.59 Å². The topological polar surface area (TPSA) is 125 Å². The van der Waals surface area contributed by atoms with E-state index in [1.807, 2.05) is 27.7 Å². The SMILES string of the molecule is CCC(CC)OC(=O)CCCCC(=O)OCCCCCCOC(=O)c1ccc2cc(C(=O)OCCCCCCC(C)(C)O)ccc2c1. The summed E-state index contributed by atoms with van der Waals surface area (Å²) in [6.45, 7) is 8.63. The van der Waals surface area contributed by atoms with Crippen molar-refractivity contribution in [1.82, 2.24) is 0 Å². The average molecular weight is 657 g/mol. The lowest BCUT2D eigenvalue weighted by molar-refractivity contribution is -0.150. The minimum absolute atomic E-state index is 0.0246. The van der Waals surface area contributed by atoms with Gasteiger partial charge in [-0.3, -0.25) is 9.59 Å². The number of hydrogen-bond donors (Lipinski definition) is 1. The quantitative estimate of drug-likeness (QED) is 0.0675. The summed E-state index contributed by atoms with van der Waals surface area (Å²) in [7, 11) is 0. The summed E-state index contributed by atoms with van der Waals surface area (Å²) in [5.74, 6) is -1.22. The van der Waals surface area contributed by atoms with Crippen LogP contribution in [0.15, 0.2) is 36.4 Å². The van der Waals surface area contributed by atoms with E-state index in [0.717, 1.165) is 75.0 Å². The van der Waals surface area contributed by atoms with E-state index in [2.05, 4.69) is 0 Å². The molecular formula is C38H56O9. The van der Waals surface area contributed by atoms with Gasteiger partial charge in [0, 0.05) is 12.8 Å². The van der Waals surface area contributed by atoms with Gasteiger partial charge in [-0.2, -0.15) is 0 Å². The van der Waals surface area contributed by atoms with Gasteiger partial charge in [-0.05, 0) is 113 Å². The molecule has 0 fully saturated rings. The summed E-state index contributed by atoms with van der Waals surface area (Å²) in [5, 5.41) is 11.4. The predicted molar refractivity (Wildman–Crippen MR) is 182 cm³/mol. The first-order valence-corrected chi connectivity index (χ1v) is 17.5. The fourth-order valence-electron chi connectivity index (χ4n) is 5.06. The highest BCUT2D eigenvalue weighted by molar-refractivity contribution is 5.99. The maximum absolute atomic E-state index is 12.6. The monoisotopic (exact) mass is 656 g/mol. The highest BCUT2D eigenvalue weighted by Gasteiger charge is 2.14. The number of fused-ring (bicyclic) bond motifs is 1. The third kappa shape index (κ3) is 17.3. The van der Waals surface area contributed by atoms with Gasteiger partial charge >= 0.3 is 23.9 Å². The lowest BCUT2D eigenvalue weighted by Gasteiger charge is -2.16. The molecule has 0 atom stereocenters. The van der Waals surface area contributed by atoms with Gasteiger partial charge in [0.05, 0.1) is 36.5 Å². The molecule has 9 heteroatoms. The van der Waals surface area contributed by atoms with Crippen molar-refractivity contribution >= 4 is 34.6 Å². The highest BCUT2D eigenvalue weighted by Crippen LogP contribution is 2.20. The highest BCUT2D eigenvalue weighted by atomic mass is 16.5. The Bertz CT molecular complexity index is 1240. The zero-order valence-corrected chi connectivity index (χ0v) is 29.0. The zero-order chi connectivity index (χ0) is 34.5. The Labute approximate surface area is 280 Å². The van der Waals surface area contributed by atoms with Crippen LogP contribution < -0.4 is 0 Å². The molecule has 1 N–H and O–H groups in total. The minimum Gasteiger partial charge on any atom is -0.466 e. The van der Waals surface area contributed by atoms with E-state index in [-0.39, 0.29) is 24.0 Å². The van der Waals surface area contributed by atoms with Crippen LogP contribution in [0.5, 0.6) is 0 Å². The number of rotatable bonds is 24. The van der Waals surface area contributed by atoms with Crippen molar-refractivity contribution < 1.29 is 43.2 Å². The lowest BCUT2D eigenvalue weighted by Crippen LogP contribution is -2.17. The summed E-state index contributed by atoms with van der Waals surface area (Å²) in [6.07, 6.45) is 11.0. The number of carbonyl (C=O) groups is 4. The van der Waals surface area contributed by atoms with Crippen LogP contribution in [-0.4, -0.2) is 60.5 Å². The summed E-state index contributed by atoms with van der Waals surface area (Å²) in [5.41, 5.74) is 0.283. The van der Waals surface area contributed by atoms with Crippen molar-refractivity contribution in [2.24, 2.45) is 0 Å². The van der Waals surface area contributed by atoms with Crippen LogP contribution >= 0.6 is 0 Å². The molecule has 0 saturated carbocycles. The van der Waals surface area contributed by atoms with Gasteiger partial charge in [0.25, 0.3) is 0 Å². The number of esters is 4. The standard InChI is InChI=1S/C38H56O9/c1-5-33(6-2)47-35(40)18-12-11-17-34(39)44-24-14-9-10-16-26-46-37(42)32-22-20-29-27-31(21-19-30(29)28-32)36(41)45-25-15-8-7-13-23-38(3,4)43/h19-22,27-28,33,43H,5-18,23-26H2,1-4H3. The van der Waals surface area contributed by atoms with Crippen LogP contribution in [0.4, 0.5) is 0 Å².